The first-order valence-electron chi connectivity index (χ1n) is 42.8. The van der Waals surface area contributed by atoms with E-state index in [9.17, 15) is 137 Å². The number of rotatable bonds is 25. The minimum atomic E-state index is -4.83. The van der Waals surface area contributed by atoms with Gasteiger partial charge in [0.2, 0.25) is 35.4 Å². The Bertz CT molecular complexity index is 5490. The van der Waals surface area contributed by atoms with Crippen molar-refractivity contribution in [2.75, 3.05) is 80.0 Å². The van der Waals surface area contributed by atoms with E-state index < -0.39 is 212 Å². The van der Waals surface area contributed by atoms with Crippen LogP contribution in [0.5, 0.6) is 0 Å². The van der Waals surface area contributed by atoms with Gasteiger partial charge in [0.15, 0.2) is 5.78 Å². The average molecular weight is 2130 g/mol. The van der Waals surface area contributed by atoms with Gasteiger partial charge in [0.05, 0.1) is 42.8 Å². The molecule has 12 aliphatic rings. The number of nitrogens with one attached hydrogen (secondary N) is 6. The molecule has 0 saturated carbocycles. The van der Waals surface area contributed by atoms with Gasteiger partial charge in [-0.3, -0.25) is 137 Å². The zero-order valence-electron chi connectivity index (χ0n) is 77.7. The van der Waals surface area contributed by atoms with Crippen molar-refractivity contribution in [3.05, 3.63) is 0 Å². The Labute approximate surface area is 802 Å². The van der Waals surface area contributed by atoms with E-state index >= 15 is 0 Å². The molecule has 23 amide bonds. The Balaban J connectivity index is 0.000000228. The number of urea groups is 6. The van der Waals surface area contributed by atoms with E-state index in [0.717, 1.165) is 39.6 Å². The molecule has 0 spiro atoms. The number of carbonyl (C=O) groups is 18. The Morgan fingerprint density at radius 1 is 0.336 bits per heavy atom. The van der Waals surface area contributed by atoms with E-state index in [1.165, 1.54) is 49.8 Å². The zero-order valence-corrected chi connectivity index (χ0v) is 82.6. The number of fused-ring (bicyclic) bond motifs is 12. The highest BCUT2D eigenvalue weighted by molar-refractivity contribution is 7.82. The number of hydrogen-bond donors (Lipinski definition) is 12. The summed E-state index contributed by atoms with van der Waals surface area (Å²) in [5, 5.41) is 11.3. The first-order valence-corrected chi connectivity index (χ1v) is 51.0. The lowest BCUT2D eigenvalue weighted by Crippen LogP contribution is -2.55. The van der Waals surface area contributed by atoms with E-state index in [0.29, 0.717) is 75.3 Å². The highest BCUT2D eigenvalue weighted by Gasteiger charge is 2.57. The molecular formula is C69H113N23O42S6. The molecule has 12 aliphatic heterocycles. The summed E-state index contributed by atoms with van der Waals surface area (Å²) in [6.45, 7) is 18.8. The molecule has 71 heteroatoms. The maximum Gasteiger partial charge on any atom is 0.418 e. The lowest BCUT2D eigenvalue weighted by atomic mass is 9.91. The van der Waals surface area contributed by atoms with Crippen molar-refractivity contribution in [2.24, 2.45) is 11.3 Å². The molecule has 0 aromatic carbocycles. The minimum Gasteiger partial charge on any atom is -0.347 e. The van der Waals surface area contributed by atoms with Crippen LogP contribution in [0.1, 0.15) is 166 Å². The molecule has 12 bridgehead atoms. The van der Waals surface area contributed by atoms with Gasteiger partial charge >= 0.3 is 98.6 Å². The molecule has 12 fully saturated rings. The maximum absolute atomic E-state index is 12.4. The molecule has 0 aromatic rings. The number of Topliss-reactive ketones (excluding diaryl/α,β-unsaturated/α-hetero) is 1. The Morgan fingerprint density at radius 2 is 0.557 bits per heavy atom. The third kappa shape index (κ3) is 30.6. The molecule has 0 unspecified atom stereocenters. The molecule has 12 saturated heterocycles. The minimum absolute atomic E-state index is 0.0915. The SMILES string of the molecule is CC(=O)N(C)NC(=O)[C@@H]1CC[C@@H]2CN1C(=O)N2OS(=O)(=O)O.CC(C)(C)C(=O)CNC(=O)[C@@H]1CC[C@@H]2CN1C(=O)N2OS(=O)(=O)O.CC(C)C(=O)N(C)NC(=O)[C@@H]1CC[C@@H]2CN1C(=O)N2OS(=O)(=O)O.CCC(=O)N(C)NC(=O)[C@@H]1CC[C@@H]2CN1C(=O)N2OS(=O)(=O)O.CCC(=O)N(CC)NC(=O)[C@@H]1CC[C@@H]2CN1C(=O)N2OS(=O)(=O)O.CCN(NC(=O)[C@@H]1CC[C@@H]2CN1C(=O)N2OS(=O)(=O)O)C(C)=O. The third-order valence-electron chi connectivity index (χ3n) is 23.0. The highest BCUT2D eigenvalue weighted by Crippen LogP contribution is 2.38. The highest BCUT2D eigenvalue weighted by atomic mass is 32.3. The molecule has 12 N–H and O–H groups in total. The summed E-state index contributed by atoms with van der Waals surface area (Å²) in [6, 6.07) is -13.4. The predicted molar refractivity (Wildman–Crippen MR) is 458 cm³/mol. The molecule has 0 radical (unpaired) electrons. The molecule has 12 rings (SSSR count). The van der Waals surface area contributed by atoms with Gasteiger partial charge in [-0.1, -0.05) is 48.5 Å². The van der Waals surface area contributed by atoms with Crippen LogP contribution in [-0.2, 0) is 146 Å². The summed E-state index contributed by atoms with van der Waals surface area (Å²) < 4.78 is 208. The van der Waals surface area contributed by atoms with Gasteiger partial charge in [-0.15, -0.1) is 25.7 Å². The number of nitrogens with zero attached hydrogens (tertiary/aromatic N) is 17. The summed E-state index contributed by atoms with van der Waals surface area (Å²) in [5.74, 6) is -5.23. The van der Waals surface area contributed by atoms with Crippen molar-refractivity contribution in [2.45, 2.75) is 239 Å². The largest absolute Gasteiger partial charge is 0.418 e. The Kier molecular flexibility index (Phi) is 38.5. The summed E-state index contributed by atoms with van der Waals surface area (Å²) in [5.41, 5.74) is 11.5. The molecule has 12 atom stereocenters. The topological polar surface area (TPSA) is 816 Å². The van der Waals surface area contributed by atoms with E-state index in [1.807, 2.05) is 0 Å². The van der Waals surface area contributed by atoms with Crippen molar-refractivity contribution in [3.63, 3.8) is 0 Å². The van der Waals surface area contributed by atoms with Crippen LogP contribution in [0.3, 0.4) is 0 Å². The van der Waals surface area contributed by atoms with Gasteiger partial charge in [0.1, 0.15) is 36.3 Å². The van der Waals surface area contributed by atoms with Crippen molar-refractivity contribution in [1.29, 1.82) is 0 Å². The van der Waals surface area contributed by atoms with Crippen LogP contribution in [0.2, 0.25) is 0 Å². The molecular weight excluding hydrogens is 2020 g/mol. The van der Waals surface area contributed by atoms with Crippen LogP contribution in [0.4, 0.5) is 28.8 Å². The Morgan fingerprint density at radius 3 is 0.764 bits per heavy atom. The van der Waals surface area contributed by atoms with E-state index in [-0.39, 0.29) is 145 Å². The van der Waals surface area contributed by atoms with Crippen molar-refractivity contribution in [1.82, 2.24) is 117 Å². The summed E-state index contributed by atoms with van der Waals surface area (Å²) in [7, 11) is -24.8. The second-order valence-corrected chi connectivity index (χ2v) is 40.0. The normalized spacial score (nSPS) is 23.9. The third-order valence-corrected chi connectivity index (χ3v) is 25.1. The fourth-order valence-electron chi connectivity index (χ4n) is 16.0. The van der Waals surface area contributed by atoms with Crippen LogP contribution < -0.4 is 32.4 Å². The molecule has 792 valence electrons. The Hall–Kier alpha value is -11.3. The summed E-state index contributed by atoms with van der Waals surface area (Å²) in [4.78, 5) is 223. The van der Waals surface area contributed by atoms with E-state index in [4.69, 9.17) is 27.3 Å². The van der Waals surface area contributed by atoms with Gasteiger partial charge in [-0.25, -0.2) is 28.8 Å². The molecule has 0 aromatic heterocycles. The zero-order chi connectivity index (χ0) is 106. The van der Waals surface area contributed by atoms with Crippen LogP contribution in [0, 0.1) is 11.3 Å². The summed E-state index contributed by atoms with van der Waals surface area (Å²) >= 11 is 0. The van der Waals surface area contributed by atoms with Gasteiger partial charge in [0.25, 0.3) is 29.5 Å². The molecule has 65 nitrogen and oxygen atoms in total. The quantitative estimate of drug-likeness (QED) is 0.0300. The van der Waals surface area contributed by atoms with Crippen LogP contribution in [0.15, 0.2) is 0 Å². The lowest BCUT2D eigenvalue weighted by Gasteiger charge is -2.31. The second-order valence-electron chi connectivity index (χ2n) is 34.0. The molecule has 12 heterocycles. The van der Waals surface area contributed by atoms with Crippen LogP contribution in [-0.4, -0.2) is 422 Å². The number of ketones is 1. The number of amides is 23. The van der Waals surface area contributed by atoms with E-state index in [1.54, 1.807) is 62.3 Å². The summed E-state index contributed by atoms with van der Waals surface area (Å²) in [6.07, 6.45) is 4.07. The number of hydrogen-bond acceptors (Lipinski definition) is 36. The van der Waals surface area contributed by atoms with Gasteiger partial charge in [-0.05, 0) is 90.9 Å². The lowest BCUT2D eigenvalue weighted by molar-refractivity contribution is -0.144. The van der Waals surface area contributed by atoms with Gasteiger partial charge < -0.3 is 34.7 Å². The number of carbonyl (C=O) groups excluding carboxylic acids is 18. The first-order chi connectivity index (χ1) is 64.5. The van der Waals surface area contributed by atoms with Crippen molar-refractivity contribution in [3.8, 4) is 0 Å². The van der Waals surface area contributed by atoms with Crippen LogP contribution >= 0.6 is 0 Å². The molecule has 140 heavy (non-hydrogen) atoms. The fraction of sp³-hybridized carbons (Fsp3) is 0.739. The molecule has 0 aliphatic carbocycles. The van der Waals surface area contributed by atoms with E-state index in [2.05, 4.69) is 58.1 Å². The van der Waals surface area contributed by atoms with Crippen LogP contribution in [0.25, 0.3) is 0 Å². The smallest absolute Gasteiger partial charge is 0.347 e. The van der Waals surface area contributed by atoms with Gasteiger partial charge in [0, 0.05) is 112 Å². The fourth-order valence-corrected chi connectivity index (χ4v) is 18.3. The predicted octanol–water partition coefficient (Wildman–Crippen LogP) is -5.59. The van der Waals surface area contributed by atoms with Crippen molar-refractivity contribution >= 4 is 169 Å². The average Bonchev–Trinajstić information content (AvgIpc) is 1.65. The van der Waals surface area contributed by atoms with Gasteiger partial charge in [-0.2, -0.15) is 80.9 Å². The van der Waals surface area contributed by atoms with Crippen molar-refractivity contribution < 1.29 is 190 Å². The second kappa shape index (κ2) is 46.6. The number of hydrazine groups is 5. The number of piperidine rings is 6. The monoisotopic (exact) mass is 2130 g/mol. The maximum atomic E-state index is 12.4. The number of hydroxylamine groups is 12. The first kappa shape index (κ1) is 116. The standard InChI is InChI=1S/C13H21N3O7S.2C12H20N4O7S.2C11H18N4O7S.C10H16N4O7S/c1-13(2,3)10(17)6-14-11(18)9-5-4-8-7-15(9)12(19)16(8)23-24(20,21)22;1-7(2)11(18)14(3)13-10(17)9-5-4-8-6-15(9)12(19)16(8)23-24(20,21)22;1-3-10(17)15(4-2)13-11(18)9-6-5-8-7-14(9)12(19)16(8)23-24(20,21)22;1-3-9(16)13(2)12-10(17)8-5-4-7-6-14(8)11(18)15(7)22-23(19,20)21;1-3-14(7(2)16)12-10(17)9-5-4-8-6-13(9)11(18)15(8)22-23(19,20)21;1-6(15)12(2)11-9(16)8-4-3-7-5-13(8)10(17)14(7)21-22(18,19)20/h8-9H,4-7H2,1-3H3,(H,14,18)(H,20,21,22);7-9H,4-6H2,1-3H3,(H,13,17)(H,20,21,22);8-9H,3-7H2,1-2H3,(H,13,18)(H,20,21,22);7-8H,3-6H2,1-2H3,(H,12,17)(H,19,20,21);8-9H,3-6H2,1-2H3,(H,12,17)(H,19,20,21);7-8H,3-5H2,1-2H3,(H,11,16)(H,18,19,20)/t3*8-,9+;7-,8+;8-,9+;7-,8+/m111111/s1.